The van der Waals surface area contributed by atoms with E-state index in [0.29, 0.717) is 0 Å². The van der Waals surface area contributed by atoms with Gasteiger partial charge in [-0.1, -0.05) is 0 Å². The zero-order chi connectivity index (χ0) is 9.00. The van der Waals surface area contributed by atoms with Crippen molar-refractivity contribution in [2.75, 3.05) is 0 Å². The maximum absolute atomic E-state index is 8.88. The summed E-state index contributed by atoms with van der Waals surface area (Å²) < 4.78 is 40.5. The van der Waals surface area contributed by atoms with E-state index >= 15 is 0 Å². The first-order chi connectivity index (χ1) is 4.00. The molecule has 66 valence electrons. The Bertz CT molecular complexity index is 197. The van der Waals surface area contributed by atoms with Gasteiger partial charge >= 0.3 is 47.8 Å². The largest absolute Gasteiger partial charge is 1.00 e. The smallest absolute Gasteiger partial charge is 1.00 e. The summed E-state index contributed by atoms with van der Waals surface area (Å²) in [5, 5.41) is 0. The number of rotatable bonds is 0. The van der Waals surface area contributed by atoms with Gasteiger partial charge in [-0.05, 0) is 0 Å². The molecule has 5 N–H and O–H groups in total. The molecule has 0 rings (SSSR count). The molecule has 0 aliphatic heterocycles. The van der Waals surface area contributed by atoms with Gasteiger partial charge in [0.05, 0.1) is 0 Å². The number of phosphoric acid groups is 1. The molecule has 0 radical (unpaired) electrons. The van der Waals surface area contributed by atoms with E-state index in [4.69, 9.17) is 36.8 Å². The molecule has 0 spiro atoms. The molecule has 0 saturated heterocycles. The first kappa shape index (κ1) is 17.9. The van der Waals surface area contributed by atoms with Crippen LogP contribution in [0.5, 0.6) is 0 Å². The third-order valence-corrected chi connectivity index (χ3v) is 0. The van der Waals surface area contributed by atoms with E-state index < -0.39 is 18.2 Å². The maximum Gasteiger partial charge on any atom is 1.00 e. The molecule has 11 heavy (non-hydrogen) atoms. The van der Waals surface area contributed by atoms with Gasteiger partial charge in [-0.15, -0.1) is 0 Å². The van der Waals surface area contributed by atoms with Crippen molar-refractivity contribution in [3.8, 4) is 0 Å². The van der Waals surface area contributed by atoms with Gasteiger partial charge in [0.15, 0.2) is 0 Å². The normalized spacial score (nSPS) is 10.6. The van der Waals surface area contributed by atoms with E-state index in [-0.39, 0.29) is 31.0 Å². The molecule has 0 amide bonds. The van der Waals surface area contributed by atoms with E-state index in [9.17, 15) is 0 Å². The molecule has 0 aliphatic rings. The minimum atomic E-state index is -4.67. The molecule has 0 bridgehead atoms. The van der Waals surface area contributed by atoms with Gasteiger partial charge in [0, 0.05) is 0 Å². The van der Waals surface area contributed by atoms with Crippen molar-refractivity contribution in [1.82, 2.24) is 0 Å². The summed E-state index contributed by atoms with van der Waals surface area (Å²) in [6.07, 6.45) is 0. The van der Waals surface area contributed by atoms with Crippen LogP contribution in [0.2, 0.25) is 0 Å². The molecule has 0 aliphatic carbocycles. The van der Waals surface area contributed by atoms with E-state index in [2.05, 4.69) is 0 Å². The quantitative estimate of drug-likeness (QED) is 0.155. The van der Waals surface area contributed by atoms with Gasteiger partial charge < -0.3 is 16.1 Å². The Morgan fingerprint density at radius 3 is 1.09 bits per heavy atom. The second kappa shape index (κ2) is 6.49. The van der Waals surface area contributed by atoms with E-state index in [1.807, 2.05) is 0 Å². The standard InChI is InChI=1S/Na.H3O4P.H2O4S.H/c;2*1-5(2,3)4;/h;(H3,1,2,3,4);(H2,1,2,3,4);/q+1;;;-1. The predicted molar refractivity (Wildman–Crippen MR) is 29.6 cm³/mol. The Labute approximate surface area is 85.8 Å². The monoisotopic (exact) mass is 220 g/mol. The molecule has 0 heterocycles. The summed E-state index contributed by atoms with van der Waals surface area (Å²) in [6.45, 7) is 0. The van der Waals surface area contributed by atoms with Crippen molar-refractivity contribution in [3.05, 3.63) is 0 Å². The second-order valence-corrected chi connectivity index (χ2v) is 2.88. The molecule has 0 aromatic heterocycles. The summed E-state index contributed by atoms with van der Waals surface area (Å²) in [5.41, 5.74) is 0. The fourth-order valence-corrected chi connectivity index (χ4v) is 0. The van der Waals surface area contributed by atoms with Gasteiger partial charge in [-0.3, -0.25) is 9.11 Å². The van der Waals surface area contributed by atoms with Crippen LogP contribution in [0.15, 0.2) is 0 Å². The molecule has 11 heteroatoms. The Morgan fingerprint density at radius 1 is 1.09 bits per heavy atom. The van der Waals surface area contributed by atoms with Crippen LogP contribution in [0.25, 0.3) is 0 Å². The predicted octanol–water partition coefficient (Wildman–Crippen LogP) is -4.46. The maximum atomic E-state index is 8.88. The molecule has 0 fully saturated rings. The van der Waals surface area contributed by atoms with Crippen molar-refractivity contribution >= 4 is 18.2 Å². The van der Waals surface area contributed by atoms with Gasteiger partial charge in [0.2, 0.25) is 0 Å². The SMILES string of the molecule is O=P(O)(O)O.O=S(=O)(O)O.[H-].[Na+]. The van der Waals surface area contributed by atoms with E-state index in [0.717, 1.165) is 0 Å². The molecule has 0 aromatic rings. The van der Waals surface area contributed by atoms with Crippen LogP contribution in [-0.2, 0) is 15.0 Å². The average Bonchev–Trinajstić information content (AvgIpc) is 1.12. The minimum absolute atomic E-state index is 0. The third-order valence-electron chi connectivity index (χ3n) is 0. The summed E-state index contributed by atoms with van der Waals surface area (Å²) >= 11 is 0. The molecular formula is H6NaO8PS. The van der Waals surface area contributed by atoms with E-state index in [1.165, 1.54) is 0 Å². The number of hydrogen-bond donors (Lipinski definition) is 5. The third kappa shape index (κ3) is 922. The molecule has 0 saturated carbocycles. The molecule has 8 nitrogen and oxygen atoms in total. The first-order valence-electron chi connectivity index (χ1n) is 1.48. The summed E-state index contributed by atoms with van der Waals surface area (Å²) in [6, 6.07) is 0. The second-order valence-electron chi connectivity index (χ2n) is 0.961. The molecular weight excluding hydrogens is 214 g/mol. The van der Waals surface area contributed by atoms with Crippen molar-refractivity contribution in [1.29, 1.82) is 0 Å². The number of hydrogen-bond acceptors (Lipinski definition) is 3. The summed E-state index contributed by atoms with van der Waals surface area (Å²) in [7, 11) is -9.31. The molecule has 0 unspecified atom stereocenters. The first-order valence-corrected chi connectivity index (χ1v) is 4.44. The van der Waals surface area contributed by atoms with Crippen molar-refractivity contribution < 1.29 is 67.8 Å². The van der Waals surface area contributed by atoms with Crippen LogP contribution in [0.4, 0.5) is 0 Å². The molecule has 0 atom stereocenters. The topological polar surface area (TPSA) is 152 Å². The minimum Gasteiger partial charge on any atom is -1.00 e. The zero-order valence-electron chi connectivity index (χ0n) is 6.32. The Kier molecular flexibility index (Phi) is 10.6. The van der Waals surface area contributed by atoms with Gasteiger partial charge in [-0.25, -0.2) is 4.57 Å². The summed E-state index contributed by atoms with van der Waals surface area (Å²) in [4.78, 5) is 21.6. The Hall–Kier alpha value is 0.980. The Balaban J connectivity index is -0.0000000457. The zero-order valence-corrected chi connectivity index (χ0v) is 9.03. The van der Waals surface area contributed by atoms with Crippen LogP contribution in [0, 0.1) is 0 Å². The van der Waals surface area contributed by atoms with Gasteiger partial charge in [-0.2, -0.15) is 8.42 Å². The molecule has 0 aromatic carbocycles. The van der Waals surface area contributed by atoms with Crippen LogP contribution in [0.1, 0.15) is 1.43 Å². The summed E-state index contributed by atoms with van der Waals surface area (Å²) in [5.74, 6) is 0. The van der Waals surface area contributed by atoms with Crippen molar-refractivity contribution in [2.45, 2.75) is 0 Å². The van der Waals surface area contributed by atoms with E-state index in [1.54, 1.807) is 0 Å². The van der Waals surface area contributed by atoms with Crippen LogP contribution < -0.4 is 29.6 Å². The average molecular weight is 220 g/mol. The Morgan fingerprint density at radius 2 is 1.09 bits per heavy atom. The fourth-order valence-electron chi connectivity index (χ4n) is 0. The van der Waals surface area contributed by atoms with Crippen molar-refractivity contribution in [2.24, 2.45) is 0 Å². The van der Waals surface area contributed by atoms with Crippen LogP contribution in [0.3, 0.4) is 0 Å². The van der Waals surface area contributed by atoms with Crippen LogP contribution in [-0.4, -0.2) is 32.2 Å². The van der Waals surface area contributed by atoms with Crippen molar-refractivity contribution in [3.63, 3.8) is 0 Å². The van der Waals surface area contributed by atoms with Gasteiger partial charge in [0.1, 0.15) is 0 Å². The fraction of sp³-hybridized carbons (Fsp3) is 0. The van der Waals surface area contributed by atoms with Gasteiger partial charge in [0.25, 0.3) is 0 Å². The van der Waals surface area contributed by atoms with Crippen LogP contribution >= 0.6 is 7.82 Å².